The summed E-state index contributed by atoms with van der Waals surface area (Å²) < 4.78 is 4.61. The van der Waals surface area contributed by atoms with E-state index >= 15 is 0 Å². The van der Waals surface area contributed by atoms with Gasteiger partial charge in [-0.15, -0.1) is 11.3 Å². The smallest absolute Gasteiger partial charge is 0.310 e. The van der Waals surface area contributed by atoms with E-state index in [1.165, 1.54) is 24.0 Å². The van der Waals surface area contributed by atoms with Gasteiger partial charge in [0, 0.05) is 17.5 Å². The third-order valence-electron chi connectivity index (χ3n) is 2.68. The Bertz CT molecular complexity index is 623. The Morgan fingerprint density at radius 1 is 1.35 bits per heavy atom. The number of thiazole rings is 1. The van der Waals surface area contributed by atoms with Crippen molar-refractivity contribution in [2.24, 2.45) is 0 Å². The van der Waals surface area contributed by atoms with E-state index < -0.39 is 0 Å². The molecule has 0 N–H and O–H groups in total. The van der Waals surface area contributed by atoms with Crippen molar-refractivity contribution >= 4 is 17.3 Å². The topological polar surface area (TPSA) is 39.2 Å². The molecule has 0 amide bonds. The zero-order valence-electron chi connectivity index (χ0n) is 11.3. The Kier molecular flexibility index (Phi) is 5.33. The minimum atomic E-state index is -0.253. The maximum atomic E-state index is 11.1. The van der Waals surface area contributed by atoms with Crippen LogP contribution in [0.1, 0.15) is 21.9 Å². The van der Waals surface area contributed by atoms with Crippen LogP contribution in [0.5, 0.6) is 0 Å². The Morgan fingerprint density at radius 2 is 2.15 bits per heavy atom. The van der Waals surface area contributed by atoms with Gasteiger partial charge in [0.15, 0.2) is 5.01 Å². The Balaban J connectivity index is 1.85. The molecule has 4 heteroatoms. The Morgan fingerprint density at radius 3 is 2.90 bits per heavy atom. The van der Waals surface area contributed by atoms with Crippen LogP contribution in [0.4, 0.5) is 0 Å². The number of ether oxygens (including phenoxy) is 1. The fraction of sp³-hybridized carbons (Fsp3) is 0.250. The van der Waals surface area contributed by atoms with E-state index in [9.17, 15) is 4.79 Å². The average molecular weight is 285 g/mol. The number of nitrogens with zero attached hydrogens (tertiary/aromatic N) is 1. The summed E-state index contributed by atoms with van der Waals surface area (Å²) in [5.74, 6) is 5.89. The van der Waals surface area contributed by atoms with E-state index in [1.54, 1.807) is 6.20 Å². The number of benzene rings is 1. The van der Waals surface area contributed by atoms with Crippen LogP contribution >= 0.6 is 11.3 Å². The summed E-state index contributed by atoms with van der Waals surface area (Å²) in [6.45, 7) is 0. The summed E-state index contributed by atoms with van der Waals surface area (Å²) in [7, 11) is 1.38. The number of carbonyl (C=O) groups is 1. The first-order valence-electron chi connectivity index (χ1n) is 6.32. The molecule has 0 fully saturated rings. The first kappa shape index (κ1) is 14.3. The van der Waals surface area contributed by atoms with Crippen LogP contribution in [0.25, 0.3) is 0 Å². The van der Waals surface area contributed by atoms with Crippen molar-refractivity contribution in [1.29, 1.82) is 0 Å². The molecule has 0 aliphatic rings. The van der Waals surface area contributed by atoms with Gasteiger partial charge >= 0.3 is 5.97 Å². The summed E-state index contributed by atoms with van der Waals surface area (Å²) in [4.78, 5) is 16.2. The van der Waals surface area contributed by atoms with Gasteiger partial charge in [0.05, 0.1) is 13.5 Å². The molecule has 0 atom stereocenters. The van der Waals surface area contributed by atoms with Gasteiger partial charge in [-0.1, -0.05) is 36.3 Å². The Labute approximate surface area is 122 Å². The van der Waals surface area contributed by atoms with Gasteiger partial charge in [0.25, 0.3) is 0 Å². The van der Waals surface area contributed by atoms with E-state index in [1.807, 2.05) is 18.2 Å². The highest BCUT2D eigenvalue weighted by Crippen LogP contribution is 2.13. The van der Waals surface area contributed by atoms with E-state index in [2.05, 4.69) is 33.7 Å². The minimum absolute atomic E-state index is 0.253. The molecular formula is C16H15NO2S. The second-order valence-corrected chi connectivity index (χ2v) is 5.29. The van der Waals surface area contributed by atoms with Gasteiger partial charge in [0.2, 0.25) is 0 Å². The number of methoxy groups -OCH3 is 1. The molecule has 1 aromatic carbocycles. The molecule has 0 aliphatic carbocycles. The quantitative estimate of drug-likeness (QED) is 0.640. The molecule has 1 heterocycles. The van der Waals surface area contributed by atoms with Crippen LogP contribution in [-0.4, -0.2) is 18.1 Å². The molecule has 2 aromatic rings. The number of esters is 1. The number of rotatable bonds is 4. The van der Waals surface area contributed by atoms with Gasteiger partial charge < -0.3 is 4.74 Å². The molecule has 102 valence electrons. The molecule has 0 aliphatic heterocycles. The normalized spacial score (nSPS) is 9.65. The Hall–Kier alpha value is -2.12. The number of hydrogen-bond acceptors (Lipinski definition) is 4. The molecular weight excluding hydrogens is 270 g/mol. The van der Waals surface area contributed by atoms with Crippen molar-refractivity contribution in [2.75, 3.05) is 7.11 Å². The maximum Gasteiger partial charge on any atom is 0.310 e. The first-order valence-corrected chi connectivity index (χ1v) is 7.14. The number of hydrogen-bond donors (Lipinski definition) is 0. The van der Waals surface area contributed by atoms with Crippen molar-refractivity contribution in [2.45, 2.75) is 19.3 Å². The summed E-state index contributed by atoms with van der Waals surface area (Å²) in [6.07, 6.45) is 3.69. The van der Waals surface area contributed by atoms with Crippen molar-refractivity contribution in [3.05, 3.63) is 52.0 Å². The monoisotopic (exact) mass is 285 g/mol. The molecule has 1 aromatic heterocycles. The summed E-state index contributed by atoms with van der Waals surface area (Å²) >= 11 is 1.44. The SMILES string of the molecule is COC(=O)Cc1cnc(C#CCCc2ccccc2)s1. The summed E-state index contributed by atoms with van der Waals surface area (Å²) in [6, 6.07) is 10.3. The van der Waals surface area contributed by atoms with Gasteiger partial charge in [-0.3, -0.25) is 4.79 Å². The zero-order valence-corrected chi connectivity index (χ0v) is 12.1. The average Bonchev–Trinajstić information content (AvgIpc) is 2.92. The highest BCUT2D eigenvalue weighted by atomic mass is 32.1. The first-order chi connectivity index (χ1) is 9.78. The van der Waals surface area contributed by atoms with E-state index in [4.69, 9.17) is 0 Å². The molecule has 0 bridgehead atoms. The fourth-order valence-corrected chi connectivity index (χ4v) is 2.42. The van der Waals surface area contributed by atoms with Crippen LogP contribution in [0.3, 0.4) is 0 Å². The molecule has 3 nitrogen and oxygen atoms in total. The summed E-state index contributed by atoms with van der Waals surface area (Å²) in [5.41, 5.74) is 1.28. The van der Waals surface area contributed by atoms with Crippen molar-refractivity contribution in [3.63, 3.8) is 0 Å². The molecule has 0 unspecified atom stereocenters. The van der Waals surface area contributed by atoms with E-state index in [0.29, 0.717) is 0 Å². The second kappa shape index (κ2) is 7.46. The fourth-order valence-electron chi connectivity index (χ4n) is 1.65. The van der Waals surface area contributed by atoms with Crippen LogP contribution in [-0.2, 0) is 22.4 Å². The predicted octanol–water partition coefficient (Wildman–Crippen LogP) is 2.84. The lowest BCUT2D eigenvalue weighted by atomic mass is 10.1. The van der Waals surface area contributed by atoms with Crippen LogP contribution in [0.15, 0.2) is 36.5 Å². The largest absolute Gasteiger partial charge is 0.469 e. The van der Waals surface area contributed by atoms with Gasteiger partial charge in [-0.05, 0) is 17.9 Å². The second-order valence-electron chi connectivity index (χ2n) is 4.17. The molecule has 20 heavy (non-hydrogen) atoms. The van der Waals surface area contributed by atoms with Crippen LogP contribution in [0.2, 0.25) is 0 Å². The van der Waals surface area contributed by atoms with Crippen molar-refractivity contribution in [1.82, 2.24) is 4.98 Å². The summed E-state index contributed by atoms with van der Waals surface area (Å²) in [5, 5.41) is 0.747. The molecule has 0 spiro atoms. The van der Waals surface area contributed by atoms with E-state index in [-0.39, 0.29) is 12.4 Å². The number of aromatic nitrogens is 1. The number of aryl methyl sites for hydroxylation is 1. The van der Waals surface area contributed by atoms with Crippen LogP contribution < -0.4 is 0 Å². The van der Waals surface area contributed by atoms with E-state index in [0.717, 1.165) is 22.7 Å². The minimum Gasteiger partial charge on any atom is -0.469 e. The molecule has 0 saturated heterocycles. The zero-order chi connectivity index (χ0) is 14.2. The predicted molar refractivity (Wildman–Crippen MR) is 79.5 cm³/mol. The van der Waals surface area contributed by atoms with Crippen molar-refractivity contribution < 1.29 is 9.53 Å². The third kappa shape index (κ3) is 4.52. The lowest BCUT2D eigenvalue weighted by molar-refractivity contribution is -0.139. The lowest BCUT2D eigenvalue weighted by Gasteiger charge is -1.94. The van der Waals surface area contributed by atoms with Crippen LogP contribution in [0, 0.1) is 11.8 Å². The van der Waals surface area contributed by atoms with Gasteiger partial charge in [-0.25, -0.2) is 4.98 Å². The highest BCUT2D eigenvalue weighted by Gasteiger charge is 2.05. The standard InChI is InChI=1S/C16H15NO2S/c1-19-16(18)11-14-12-17-15(20-14)10-6-5-9-13-7-3-2-4-8-13/h2-4,7-8,12H,5,9,11H2,1H3. The van der Waals surface area contributed by atoms with Gasteiger partial charge in [0.1, 0.15) is 0 Å². The maximum absolute atomic E-state index is 11.1. The van der Waals surface area contributed by atoms with Crippen molar-refractivity contribution in [3.8, 4) is 11.8 Å². The lowest BCUT2D eigenvalue weighted by Crippen LogP contribution is -2.02. The number of carbonyl (C=O) groups excluding carboxylic acids is 1. The van der Waals surface area contributed by atoms with Gasteiger partial charge in [-0.2, -0.15) is 0 Å². The molecule has 0 radical (unpaired) electrons. The third-order valence-corrected chi connectivity index (χ3v) is 3.59. The highest BCUT2D eigenvalue weighted by molar-refractivity contribution is 7.12. The molecule has 2 rings (SSSR count). The molecule has 0 saturated carbocycles.